The summed E-state index contributed by atoms with van der Waals surface area (Å²) in [5, 5.41) is 0. The van der Waals surface area contributed by atoms with Gasteiger partial charge in [0.1, 0.15) is 17.2 Å². The monoisotopic (exact) mass is 382 g/mol. The van der Waals surface area contributed by atoms with Crippen LogP contribution in [0.1, 0.15) is 56.1 Å². The van der Waals surface area contributed by atoms with Crippen molar-refractivity contribution in [2.75, 3.05) is 20.3 Å². The molecule has 0 radical (unpaired) electrons. The van der Waals surface area contributed by atoms with E-state index in [0.717, 1.165) is 28.4 Å². The van der Waals surface area contributed by atoms with Crippen LogP contribution in [0.5, 0.6) is 17.2 Å². The van der Waals surface area contributed by atoms with Crippen molar-refractivity contribution in [3.8, 4) is 17.2 Å². The fourth-order valence-corrected chi connectivity index (χ4v) is 3.08. The summed E-state index contributed by atoms with van der Waals surface area (Å²) >= 11 is 0. The Bertz CT molecular complexity index is 827. The summed E-state index contributed by atoms with van der Waals surface area (Å²) in [6.45, 7) is 11.4. The average molecular weight is 383 g/mol. The molecular weight excluding hydrogens is 352 g/mol. The largest absolute Gasteiger partial charge is 0.497 e. The number of ketones is 1. The van der Waals surface area contributed by atoms with Gasteiger partial charge >= 0.3 is 0 Å². The second-order valence-corrected chi connectivity index (χ2v) is 7.43. The van der Waals surface area contributed by atoms with Gasteiger partial charge in [-0.25, -0.2) is 0 Å². The zero-order valence-electron chi connectivity index (χ0n) is 17.7. The zero-order chi connectivity index (χ0) is 20.7. The molecule has 0 bridgehead atoms. The molecule has 0 N–H and O–H groups in total. The van der Waals surface area contributed by atoms with E-state index in [9.17, 15) is 4.79 Å². The first-order valence-corrected chi connectivity index (χ1v) is 9.60. The van der Waals surface area contributed by atoms with Gasteiger partial charge in [-0.1, -0.05) is 26.8 Å². The standard InChI is InChI=1S/C24H30O4/c1-7-27-20-15-18(23(24(3,4)5)22(16-20)28-8-2)11-14-21(25)17-9-12-19(26-6)13-10-17/h9-16H,7-8H2,1-6H3/b14-11+. The smallest absolute Gasteiger partial charge is 0.185 e. The predicted molar refractivity (Wildman–Crippen MR) is 114 cm³/mol. The molecule has 4 nitrogen and oxygen atoms in total. The van der Waals surface area contributed by atoms with Crippen molar-refractivity contribution in [1.82, 2.24) is 0 Å². The lowest BCUT2D eigenvalue weighted by molar-refractivity contribution is 0.104. The summed E-state index contributed by atoms with van der Waals surface area (Å²) in [7, 11) is 1.60. The van der Waals surface area contributed by atoms with E-state index >= 15 is 0 Å². The highest BCUT2D eigenvalue weighted by Crippen LogP contribution is 2.38. The summed E-state index contributed by atoms with van der Waals surface area (Å²) in [6.07, 6.45) is 3.44. The molecule has 4 heteroatoms. The minimum Gasteiger partial charge on any atom is -0.497 e. The number of hydrogen-bond acceptors (Lipinski definition) is 4. The van der Waals surface area contributed by atoms with Gasteiger partial charge in [-0.3, -0.25) is 4.79 Å². The van der Waals surface area contributed by atoms with Gasteiger partial charge < -0.3 is 14.2 Å². The number of benzene rings is 2. The van der Waals surface area contributed by atoms with E-state index in [-0.39, 0.29) is 11.2 Å². The summed E-state index contributed by atoms with van der Waals surface area (Å²) in [5.74, 6) is 2.18. The van der Waals surface area contributed by atoms with Crippen LogP contribution in [0, 0.1) is 0 Å². The highest BCUT2D eigenvalue weighted by Gasteiger charge is 2.23. The number of hydrogen-bond donors (Lipinski definition) is 0. The van der Waals surface area contributed by atoms with E-state index in [0.29, 0.717) is 18.8 Å². The van der Waals surface area contributed by atoms with E-state index in [4.69, 9.17) is 14.2 Å². The van der Waals surface area contributed by atoms with Gasteiger partial charge in [0, 0.05) is 17.2 Å². The molecule has 2 aromatic carbocycles. The van der Waals surface area contributed by atoms with Crippen LogP contribution in [0.4, 0.5) is 0 Å². The SMILES string of the molecule is CCOc1cc(/C=C/C(=O)c2ccc(OC)cc2)c(C(C)(C)C)c(OCC)c1. The maximum absolute atomic E-state index is 12.6. The van der Waals surface area contributed by atoms with Gasteiger partial charge in [-0.15, -0.1) is 0 Å². The summed E-state index contributed by atoms with van der Waals surface area (Å²) in [4.78, 5) is 12.6. The van der Waals surface area contributed by atoms with Crippen molar-refractivity contribution in [2.24, 2.45) is 0 Å². The van der Waals surface area contributed by atoms with E-state index in [1.807, 2.05) is 32.1 Å². The molecule has 28 heavy (non-hydrogen) atoms. The Hall–Kier alpha value is -2.75. The van der Waals surface area contributed by atoms with Crippen LogP contribution in [0.3, 0.4) is 0 Å². The predicted octanol–water partition coefficient (Wildman–Crippen LogP) is 5.69. The van der Waals surface area contributed by atoms with Gasteiger partial charge in [0.25, 0.3) is 0 Å². The lowest BCUT2D eigenvalue weighted by atomic mass is 9.82. The molecule has 0 aliphatic carbocycles. The molecule has 150 valence electrons. The van der Waals surface area contributed by atoms with Gasteiger partial charge in [-0.05, 0) is 61.2 Å². The Morgan fingerprint density at radius 1 is 0.964 bits per heavy atom. The molecule has 0 aromatic heterocycles. The molecule has 0 atom stereocenters. The Balaban J connectivity index is 2.45. The van der Waals surface area contributed by atoms with Crippen LogP contribution in [0.15, 0.2) is 42.5 Å². The van der Waals surface area contributed by atoms with Crippen molar-refractivity contribution < 1.29 is 19.0 Å². The number of ether oxygens (including phenoxy) is 3. The lowest BCUT2D eigenvalue weighted by Gasteiger charge is -2.26. The van der Waals surface area contributed by atoms with Crippen LogP contribution in [0.25, 0.3) is 6.08 Å². The van der Waals surface area contributed by atoms with Crippen LogP contribution >= 0.6 is 0 Å². The lowest BCUT2D eigenvalue weighted by Crippen LogP contribution is -2.16. The topological polar surface area (TPSA) is 44.8 Å². The number of methoxy groups -OCH3 is 1. The van der Waals surface area contributed by atoms with E-state index in [2.05, 4.69) is 20.8 Å². The maximum atomic E-state index is 12.6. The molecule has 0 saturated carbocycles. The molecule has 0 fully saturated rings. The first-order chi connectivity index (χ1) is 13.3. The van der Waals surface area contributed by atoms with Crippen molar-refractivity contribution in [2.45, 2.75) is 40.0 Å². The van der Waals surface area contributed by atoms with Crippen molar-refractivity contribution in [1.29, 1.82) is 0 Å². The molecular formula is C24H30O4. The maximum Gasteiger partial charge on any atom is 0.185 e. The first kappa shape index (κ1) is 21.5. The van der Waals surface area contributed by atoms with Crippen molar-refractivity contribution in [3.63, 3.8) is 0 Å². The average Bonchev–Trinajstić information content (AvgIpc) is 2.65. The zero-order valence-corrected chi connectivity index (χ0v) is 17.7. The van der Waals surface area contributed by atoms with Crippen LogP contribution in [0.2, 0.25) is 0 Å². The molecule has 2 aromatic rings. The Labute approximate surface area is 168 Å². The summed E-state index contributed by atoms with van der Waals surface area (Å²) < 4.78 is 16.7. The number of carbonyl (C=O) groups excluding carboxylic acids is 1. The minimum atomic E-state index is -0.155. The summed E-state index contributed by atoms with van der Waals surface area (Å²) in [6, 6.07) is 11.0. The molecule has 0 unspecified atom stereocenters. The highest BCUT2D eigenvalue weighted by atomic mass is 16.5. The Morgan fingerprint density at radius 2 is 1.61 bits per heavy atom. The van der Waals surface area contributed by atoms with E-state index < -0.39 is 0 Å². The van der Waals surface area contributed by atoms with Gasteiger partial charge in [-0.2, -0.15) is 0 Å². The molecule has 0 amide bonds. The Kier molecular flexibility index (Phi) is 7.27. The molecule has 0 heterocycles. The Morgan fingerprint density at radius 3 is 2.14 bits per heavy atom. The number of allylic oxidation sites excluding steroid dienone is 1. The van der Waals surface area contributed by atoms with Crippen LogP contribution < -0.4 is 14.2 Å². The highest BCUT2D eigenvalue weighted by molar-refractivity contribution is 6.07. The number of rotatable bonds is 8. The van der Waals surface area contributed by atoms with Crippen molar-refractivity contribution >= 4 is 11.9 Å². The molecule has 0 aliphatic rings. The fourth-order valence-electron chi connectivity index (χ4n) is 3.08. The van der Waals surface area contributed by atoms with Crippen LogP contribution in [-0.4, -0.2) is 26.1 Å². The molecule has 2 rings (SSSR count). The normalized spacial score (nSPS) is 11.5. The second-order valence-electron chi connectivity index (χ2n) is 7.43. The third-order valence-corrected chi connectivity index (χ3v) is 4.26. The van der Waals surface area contributed by atoms with E-state index in [1.54, 1.807) is 37.5 Å². The van der Waals surface area contributed by atoms with E-state index in [1.165, 1.54) is 0 Å². The third kappa shape index (κ3) is 5.38. The quantitative estimate of drug-likeness (QED) is 0.435. The summed E-state index contributed by atoms with van der Waals surface area (Å²) in [5.41, 5.74) is 2.43. The minimum absolute atomic E-state index is 0.0673. The van der Waals surface area contributed by atoms with Crippen molar-refractivity contribution in [3.05, 3.63) is 59.2 Å². The first-order valence-electron chi connectivity index (χ1n) is 9.60. The third-order valence-electron chi connectivity index (χ3n) is 4.26. The molecule has 0 aliphatic heterocycles. The van der Waals surface area contributed by atoms with Gasteiger partial charge in [0.2, 0.25) is 0 Å². The number of carbonyl (C=O) groups is 1. The molecule has 0 spiro atoms. The fraction of sp³-hybridized carbons (Fsp3) is 0.375. The van der Waals surface area contributed by atoms with Gasteiger partial charge in [0.05, 0.1) is 20.3 Å². The molecule has 0 saturated heterocycles. The van der Waals surface area contributed by atoms with Crippen LogP contribution in [-0.2, 0) is 5.41 Å². The van der Waals surface area contributed by atoms with Gasteiger partial charge in [0.15, 0.2) is 5.78 Å². The second kappa shape index (κ2) is 9.45.